The summed E-state index contributed by atoms with van der Waals surface area (Å²) in [6.45, 7) is 1.14. The Hall–Kier alpha value is -1.84. The summed E-state index contributed by atoms with van der Waals surface area (Å²) in [6, 6.07) is 6.65. The highest BCUT2D eigenvalue weighted by molar-refractivity contribution is 9.10. The van der Waals surface area contributed by atoms with E-state index >= 15 is 0 Å². The first-order chi connectivity index (χ1) is 10.1. The van der Waals surface area contributed by atoms with Gasteiger partial charge in [0.2, 0.25) is 0 Å². The van der Waals surface area contributed by atoms with Crippen LogP contribution in [0.2, 0.25) is 0 Å². The highest BCUT2D eigenvalue weighted by Crippen LogP contribution is 2.25. The van der Waals surface area contributed by atoms with Crippen LogP contribution in [0.1, 0.15) is 18.4 Å². The van der Waals surface area contributed by atoms with Gasteiger partial charge in [-0.1, -0.05) is 6.07 Å². The molecule has 0 saturated carbocycles. The van der Waals surface area contributed by atoms with Crippen molar-refractivity contribution < 1.29 is 14.6 Å². The van der Waals surface area contributed by atoms with Gasteiger partial charge in [-0.3, -0.25) is 4.79 Å². The largest absolute Gasteiger partial charge is 0.507 e. The van der Waals surface area contributed by atoms with Gasteiger partial charge in [0.25, 0.3) is 5.91 Å². The molecule has 1 saturated heterocycles. The lowest BCUT2D eigenvalue weighted by Crippen LogP contribution is -2.32. The van der Waals surface area contributed by atoms with E-state index in [1.807, 2.05) is 6.07 Å². The molecular weight excluding hydrogens is 336 g/mol. The summed E-state index contributed by atoms with van der Waals surface area (Å²) in [5.41, 5.74) is 0.675. The molecule has 0 bridgehead atoms. The first-order valence-corrected chi connectivity index (χ1v) is 7.39. The minimum absolute atomic E-state index is 0.0191. The maximum atomic E-state index is 12.0. The zero-order chi connectivity index (χ0) is 15.2. The van der Waals surface area contributed by atoms with Crippen LogP contribution in [0.5, 0.6) is 5.75 Å². The van der Waals surface area contributed by atoms with Crippen LogP contribution in [0.3, 0.4) is 0 Å². The van der Waals surface area contributed by atoms with E-state index in [4.69, 9.17) is 10.00 Å². The fourth-order valence-electron chi connectivity index (χ4n) is 2.04. The van der Waals surface area contributed by atoms with Gasteiger partial charge in [0.15, 0.2) is 0 Å². The number of phenols is 1. The van der Waals surface area contributed by atoms with Crippen molar-refractivity contribution in [2.45, 2.75) is 18.9 Å². The SMILES string of the molecule is N#C/C(=C\c1ccc(O)c(Br)c1)C(=O)NCC1CCCO1. The third kappa shape index (κ3) is 4.31. The number of nitrogens with zero attached hydrogens (tertiary/aromatic N) is 1. The molecule has 0 aliphatic carbocycles. The van der Waals surface area contributed by atoms with Gasteiger partial charge in [-0.05, 0) is 52.5 Å². The quantitative estimate of drug-likeness (QED) is 0.645. The summed E-state index contributed by atoms with van der Waals surface area (Å²) in [5.74, 6) is -0.314. The fourth-order valence-corrected chi connectivity index (χ4v) is 2.43. The van der Waals surface area contributed by atoms with E-state index in [1.165, 1.54) is 12.1 Å². The predicted octanol–water partition coefficient (Wildman–Crippen LogP) is 2.36. The first-order valence-electron chi connectivity index (χ1n) is 6.60. The molecule has 1 heterocycles. The van der Waals surface area contributed by atoms with Crippen molar-refractivity contribution in [3.63, 3.8) is 0 Å². The Kier molecular flexibility index (Phi) is 5.37. The number of nitriles is 1. The Morgan fingerprint density at radius 3 is 3.05 bits per heavy atom. The van der Waals surface area contributed by atoms with Crippen LogP contribution >= 0.6 is 15.9 Å². The zero-order valence-corrected chi connectivity index (χ0v) is 12.9. The average molecular weight is 351 g/mol. The number of hydrogen-bond acceptors (Lipinski definition) is 4. The number of hydrogen-bond donors (Lipinski definition) is 2. The van der Waals surface area contributed by atoms with E-state index in [1.54, 1.807) is 12.1 Å². The molecule has 1 fully saturated rings. The molecule has 6 heteroatoms. The molecule has 2 N–H and O–H groups in total. The van der Waals surface area contributed by atoms with Crippen molar-refractivity contribution in [1.82, 2.24) is 5.32 Å². The Morgan fingerprint density at radius 1 is 1.62 bits per heavy atom. The minimum Gasteiger partial charge on any atom is -0.507 e. The van der Waals surface area contributed by atoms with Crippen molar-refractivity contribution in [3.05, 3.63) is 33.8 Å². The molecular formula is C15H15BrN2O3. The van der Waals surface area contributed by atoms with E-state index in [0.717, 1.165) is 19.4 Å². The number of rotatable bonds is 4. The molecule has 2 rings (SSSR count). The standard InChI is InChI=1S/C15H15BrN2O3/c16-13-7-10(3-4-14(13)19)6-11(8-17)15(20)18-9-12-2-1-5-21-12/h3-4,6-7,12,19H,1-2,5,9H2,(H,18,20)/b11-6+. The maximum absolute atomic E-state index is 12.0. The number of carbonyl (C=O) groups excluding carboxylic acids is 1. The monoisotopic (exact) mass is 350 g/mol. The summed E-state index contributed by atoms with van der Waals surface area (Å²) in [6.07, 6.45) is 3.45. The molecule has 1 unspecified atom stereocenters. The van der Waals surface area contributed by atoms with Crippen molar-refractivity contribution in [3.8, 4) is 11.8 Å². The normalized spacial score (nSPS) is 18.3. The molecule has 1 aromatic carbocycles. The molecule has 0 radical (unpaired) electrons. The summed E-state index contributed by atoms with van der Waals surface area (Å²) < 4.78 is 5.92. The third-order valence-corrected chi connectivity index (χ3v) is 3.80. The lowest BCUT2D eigenvalue weighted by atomic mass is 10.1. The number of nitrogens with one attached hydrogen (secondary N) is 1. The highest BCUT2D eigenvalue weighted by Gasteiger charge is 2.17. The number of amides is 1. The number of carbonyl (C=O) groups is 1. The van der Waals surface area contributed by atoms with Gasteiger partial charge in [0, 0.05) is 13.2 Å². The molecule has 0 aromatic heterocycles. The highest BCUT2D eigenvalue weighted by atomic mass is 79.9. The molecule has 1 aliphatic heterocycles. The molecule has 1 aromatic rings. The van der Waals surface area contributed by atoms with Gasteiger partial charge in [-0.15, -0.1) is 0 Å². The van der Waals surface area contributed by atoms with Crippen molar-refractivity contribution >= 4 is 27.9 Å². The van der Waals surface area contributed by atoms with Gasteiger partial charge in [0.05, 0.1) is 10.6 Å². The van der Waals surface area contributed by atoms with Gasteiger partial charge in [-0.25, -0.2) is 0 Å². The maximum Gasteiger partial charge on any atom is 0.262 e. The summed E-state index contributed by atoms with van der Waals surface area (Å²) in [7, 11) is 0. The Morgan fingerprint density at radius 2 is 2.43 bits per heavy atom. The molecule has 5 nitrogen and oxygen atoms in total. The molecule has 110 valence electrons. The van der Waals surface area contributed by atoms with Crippen LogP contribution in [-0.2, 0) is 9.53 Å². The second-order valence-corrected chi connectivity index (χ2v) is 5.58. The van der Waals surface area contributed by atoms with Crippen LogP contribution in [0, 0.1) is 11.3 Å². The number of halogens is 1. The van der Waals surface area contributed by atoms with Gasteiger partial charge in [-0.2, -0.15) is 5.26 Å². The van der Waals surface area contributed by atoms with E-state index in [9.17, 15) is 9.90 Å². The van der Waals surface area contributed by atoms with E-state index in [-0.39, 0.29) is 17.4 Å². The van der Waals surface area contributed by atoms with Gasteiger partial charge >= 0.3 is 0 Å². The minimum atomic E-state index is -0.419. The van der Waals surface area contributed by atoms with E-state index < -0.39 is 5.91 Å². The average Bonchev–Trinajstić information content (AvgIpc) is 2.99. The number of ether oxygens (including phenoxy) is 1. The smallest absolute Gasteiger partial charge is 0.262 e. The van der Waals surface area contributed by atoms with Crippen LogP contribution in [0.15, 0.2) is 28.2 Å². The van der Waals surface area contributed by atoms with Crippen LogP contribution < -0.4 is 5.32 Å². The first kappa shape index (κ1) is 15.5. The molecule has 1 atom stereocenters. The second kappa shape index (κ2) is 7.25. The Labute approximate surface area is 131 Å². The van der Waals surface area contributed by atoms with E-state index in [2.05, 4.69) is 21.2 Å². The van der Waals surface area contributed by atoms with Crippen LogP contribution in [-0.4, -0.2) is 30.3 Å². The Balaban J connectivity index is 2.03. The van der Waals surface area contributed by atoms with Gasteiger partial charge in [0.1, 0.15) is 17.4 Å². The van der Waals surface area contributed by atoms with Crippen LogP contribution in [0.4, 0.5) is 0 Å². The van der Waals surface area contributed by atoms with Crippen molar-refractivity contribution in [2.75, 3.05) is 13.2 Å². The predicted molar refractivity (Wildman–Crippen MR) is 81.4 cm³/mol. The lowest BCUT2D eigenvalue weighted by molar-refractivity contribution is -0.117. The molecule has 1 amide bonds. The molecule has 21 heavy (non-hydrogen) atoms. The third-order valence-electron chi connectivity index (χ3n) is 3.16. The van der Waals surface area contributed by atoms with Crippen LogP contribution in [0.25, 0.3) is 6.08 Å². The number of aromatic hydroxyl groups is 1. The molecule has 0 spiro atoms. The zero-order valence-electron chi connectivity index (χ0n) is 11.3. The number of benzene rings is 1. The van der Waals surface area contributed by atoms with Crippen molar-refractivity contribution in [1.29, 1.82) is 5.26 Å². The van der Waals surface area contributed by atoms with E-state index in [0.29, 0.717) is 16.6 Å². The summed E-state index contributed by atoms with van der Waals surface area (Å²) >= 11 is 3.19. The Bertz CT molecular complexity index is 601. The fraction of sp³-hybridized carbons (Fsp3) is 0.333. The summed E-state index contributed by atoms with van der Waals surface area (Å²) in [5, 5.41) is 21.2. The van der Waals surface area contributed by atoms with Crippen molar-refractivity contribution in [2.24, 2.45) is 0 Å². The van der Waals surface area contributed by atoms with Gasteiger partial charge < -0.3 is 15.2 Å². The molecule has 1 aliphatic rings. The summed E-state index contributed by atoms with van der Waals surface area (Å²) in [4.78, 5) is 12.0. The number of phenolic OH excluding ortho intramolecular Hbond substituents is 1. The topological polar surface area (TPSA) is 82.3 Å². The lowest BCUT2D eigenvalue weighted by Gasteiger charge is -2.10. The second-order valence-electron chi connectivity index (χ2n) is 4.73.